The number of aliphatic carboxylic acids is 1. The summed E-state index contributed by atoms with van der Waals surface area (Å²) in [5.41, 5.74) is 0.290. The first-order valence-electron chi connectivity index (χ1n) is 9.69. The molecule has 1 atom stereocenters. The number of carbonyl (C=O) groups is 1. The van der Waals surface area contributed by atoms with Crippen LogP contribution in [0.5, 0.6) is 0 Å². The van der Waals surface area contributed by atoms with Crippen molar-refractivity contribution >= 4 is 24.7 Å². The largest absolute Gasteiger partial charge is 0.537 e. The Morgan fingerprint density at radius 3 is 1.93 bits per heavy atom. The van der Waals surface area contributed by atoms with E-state index in [2.05, 4.69) is 45.0 Å². The first kappa shape index (κ1) is 20.4. The maximum atomic E-state index is 11.9. The van der Waals surface area contributed by atoms with E-state index in [1.54, 1.807) is 0 Å². The van der Waals surface area contributed by atoms with Gasteiger partial charge < -0.3 is 14.6 Å². The molecule has 5 heteroatoms. The van der Waals surface area contributed by atoms with E-state index in [1.807, 2.05) is 36.4 Å². The van der Waals surface area contributed by atoms with Crippen molar-refractivity contribution in [1.82, 2.24) is 0 Å². The number of aliphatic hydroxyl groups is 1. The predicted octanol–water partition coefficient (Wildman–Crippen LogP) is 3.45. The maximum Gasteiger partial charge on any atom is 0.334 e. The van der Waals surface area contributed by atoms with Crippen LogP contribution < -0.4 is 10.4 Å². The molecule has 0 bridgehead atoms. The SMILES string of the molecule is CC(C)(C)[Si](OC1=C(C(=O)O)CCC(O)C1)(c1ccccc1)c1ccccc1. The van der Waals surface area contributed by atoms with Crippen LogP contribution >= 0.6 is 0 Å². The Labute approximate surface area is 167 Å². The van der Waals surface area contributed by atoms with Crippen molar-refractivity contribution < 1.29 is 19.4 Å². The van der Waals surface area contributed by atoms with Gasteiger partial charge in [-0.1, -0.05) is 81.4 Å². The monoisotopic (exact) mass is 396 g/mol. The summed E-state index contributed by atoms with van der Waals surface area (Å²) in [6.45, 7) is 6.46. The molecule has 0 amide bonds. The Kier molecular flexibility index (Phi) is 5.77. The van der Waals surface area contributed by atoms with Crippen LogP contribution in [0.15, 0.2) is 72.0 Å². The Balaban J connectivity index is 2.26. The van der Waals surface area contributed by atoms with Crippen LogP contribution in [0.25, 0.3) is 0 Å². The molecule has 148 valence electrons. The fourth-order valence-electron chi connectivity index (χ4n) is 4.05. The topological polar surface area (TPSA) is 66.8 Å². The molecule has 2 aromatic rings. The number of aliphatic hydroxyl groups excluding tert-OH is 1. The van der Waals surface area contributed by atoms with Crippen LogP contribution in [-0.4, -0.2) is 30.6 Å². The molecule has 3 rings (SSSR count). The molecular weight excluding hydrogens is 368 g/mol. The molecular formula is C23H28O4Si. The molecule has 2 N–H and O–H groups in total. The van der Waals surface area contributed by atoms with E-state index >= 15 is 0 Å². The smallest absolute Gasteiger partial charge is 0.334 e. The highest BCUT2D eigenvalue weighted by Gasteiger charge is 2.53. The van der Waals surface area contributed by atoms with Gasteiger partial charge in [0.2, 0.25) is 0 Å². The number of carboxylic acids is 1. The van der Waals surface area contributed by atoms with Crippen LogP contribution in [0, 0.1) is 0 Å². The molecule has 1 aliphatic rings. The molecule has 2 aromatic carbocycles. The van der Waals surface area contributed by atoms with Crippen molar-refractivity contribution in [1.29, 1.82) is 0 Å². The van der Waals surface area contributed by atoms with Crippen LogP contribution in [0.3, 0.4) is 0 Å². The summed E-state index contributed by atoms with van der Waals surface area (Å²) in [7, 11) is -2.89. The third-order valence-corrected chi connectivity index (χ3v) is 10.4. The highest BCUT2D eigenvalue weighted by molar-refractivity contribution is 6.99. The standard InChI is InChI=1S/C23H28O4Si/c1-23(2,3)28(18-10-6-4-7-11-18,19-12-8-5-9-13-19)27-21-16-17(24)14-15-20(21)22(25)26/h4-13,17,24H,14-16H2,1-3H3,(H,25,26). The van der Waals surface area contributed by atoms with Crippen LogP contribution in [0.1, 0.15) is 40.0 Å². The average Bonchev–Trinajstić information content (AvgIpc) is 2.66. The molecule has 0 saturated carbocycles. The summed E-state index contributed by atoms with van der Waals surface area (Å²) < 4.78 is 6.84. The lowest BCUT2D eigenvalue weighted by Crippen LogP contribution is -2.66. The summed E-state index contributed by atoms with van der Waals surface area (Å²) in [6, 6.07) is 20.2. The fourth-order valence-corrected chi connectivity index (χ4v) is 8.56. The second-order valence-electron chi connectivity index (χ2n) is 8.37. The summed E-state index contributed by atoms with van der Waals surface area (Å²) in [6.07, 6.45) is 0.446. The molecule has 0 saturated heterocycles. The first-order valence-corrected chi connectivity index (χ1v) is 11.6. The van der Waals surface area contributed by atoms with Gasteiger partial charge >= 0.3 is 14.3 Å². The lowest BCUT2D eigenvalue weighted by atomic mass is 9.96. The minimum Gasteiger partial charge on any atom is -0.537 e. The number of benzene rings is 2. The molecule has 0 heterocycles. The van der Waals surface area contributed by atoms with Crippen molar-refractivity contribution in [2.24, 2.45) is 0 Å². The van der Waals surface area contributed by atoms with Crippen LogP contribution in [0.4, 0.5) is 0 Å². The summed E-state index contributed by atoms with van der Waals surface area (Å²) in [5.74, 6) is -0.527. The normalized spacial score (nSPS) is 18.1. The van der Waals surface area contributed by atoms with Crippen molar-refractivity contribution in [3.63, 3.8) is 0 Å². The first-order chi connectivity index (χ1) is 13.3. The lowest BCUT2D eigenvalue weighted by molar-refractivity contribution is -0.133. The number of hydrogen-bond donors (Lipinski definition) is 2. The Hall–Kier alpha value is -2.37. The van der Waals surface area contributed by atoms with Gasteiger partial charge in [-0.25, -0.2) is 4.79 Å². The van der Waals surface area contributed by atoms with Crippen LogP contribution in [0.2, 0.25) is 5.04 Å². The van der Waals surface area contributed by atoms with Gasteiger partial charge in [0, 0.05) is 6.42 Å². The van der Waals surface area contributed by atoms with Gasteiger partial charge in [0.05, 0.1) is 17.4 Å². The van der Waals surface area contributed by atoms with Gasteiger partial charge in [0.15, 0.2) is 0 Å². The molecule has 0 fully saturated rings. The van der Waals surface area contributed by atoms with E-state index < -0.39 is 20.4 Å². The van der Waals surface area contributed by atoms with Crippen molar-refractivity contribution in [3.05, 3.63) is 72.0 Å². The molecule has 1 unspecified atom stereocenters. The Bertz CT molecular complexity index is 814. The Morgan fingerprint density at radius 2 is 1.50 bits per heavy atom. The number of hydrogen-bond acceptors (Lipinski definition) is 3. The number of carboxylic acid groups (broad SMARTS) is 1. The summed E-state index contributed by atoms with van der Waals surface area (Å²) in [5, 5.41) is 21.9. The van der Waals surface area contributed by atoms with Gasteiger partial charge in [-0.15, -0.1) is 0 Å². The summed E-state index contributed by atoms with van der Waals surface area (Å²) in [4.78, 5) is 11.9. The van der Waals surface area contributed by atoms with Gasteiger partial charge in [-0.05, 0) is 28.3 Å². The van der Waals surface area contributed by atoms with Crippen LogP contribution in [-0.2, 0) is 9.22 Å². The zero-order valence-electron chi connectivity index (χ0n) is 16.7. The highest BCUT2D eigenvalue weighted by atomic mass is 28.4. The van der Waals surface area contributed by atoms with E-state index in [4.69, 9.17) is 4.43 Å². The maximum absolute atomic E-state index is 11.9. The second kappa shape index (κ2) is 7.93. The van der Waals surface area contributed by atoms with Gasteiger partial charge in [-0.3, -0.25) is 0 Å². The third kappa shape index (κ3) is 3.77. The molecule has 0 aromatic heterocycles. The predicted molar refractivity (Wildman–Crippen MR) is 113 cm³/mol. The average molecular weight is 397 g/mol. The minimum absolute atomic E-state index is 0.242. The molecule has 0 aliphatic heterocycles. The highest BCUT2D eigenvalue weighted by Crippen LogP contribution is 2.40. The van der Waals surface area contributed by atoms with E-state index in [-0.39, 0.29) is 11.5 Å². The number of rotatable bonds is 5. The zero-order valence-corrected chi connectivity index (χ0v) is 17.7. The van der Waals surface area contributed by atoms with Gasteiger partial charge in [-0.2, -0.15) is 0 Å². The van der Waals surface area contributed by atoms with Crippen molar-refractivity contribution in [2.45, 2.75) is 51.2 Å². The fraction of sp³-hybridized carbons (Fsp3) is 0.348. The van der Waals surface area contributed by atoms with E-state index in [0.29, 0.717) is 24.2 Å². The Morgan fingerprint density at radius 1 is 1.00 bits per heavy atom. The molecule has 4 nitrogen and oxygen atoms in total. The lowest BCUT2D eigenvalue weighted by Gasteiger charge is -2.44. The van der Waals surface area contributed by atoms with Gasteiger partial charge in [0.1, 0.15) is 0 Å². The summed E-state index contributed by atoms with van der Waals surface area (Å²) >= 11 is 0. The van der Waals surface area contributed by atoms with Gasteiger partial charge in [0.25, 0.3) is 0 Å². The van der Waals surface area contributed by atoms with E-state index in [9.17, 15) is 15.0 Å². The third-order valence-electron chi connectivity index (χ3n) is 5.44. The quantitative estimate of drug-likeness (QED) is 0.760. The molecule has 0 radical (unpaired) electrons. The zero-order chi connectivity index (χ0) is 20.4. The molecule has 0 spiro atoms. The molecule has 1 aliphatic carbocycles. The second-order valence-corrected chi connectivity index (χ2v) is 12.6. The minimum atomic E-state index is -2.89. The van der Waals surface area contributed by atoms with Crippen molar-refractivity contribution in [3.8, 4) is 0 Å². The molecule has 28 heavy (non-hydrogen) atoms. The van der Waals surface area contributed by atoms with Crippen molar-refractivity contribution in [2.75, 3.05) is 0 Å². The van der Waals surface area contributed by atoms with E-state index in [1.165, 1.54) is 0 Å². The van der Waals surface area contributed by atoms with E-state index in [0.717, 1.165) is 10.4 Å².